The Morgan fingerprint density at radius 2 is 2.24 bits per heavy atom. The van der Waals surface area contributed by atoms with Crippen molar-refractivity contribution in [3.63, 3.8) is 0 Å². The number of rotatable bonds is 7. The number of ether oxygens (including phenoxy) is 1. The molecule has 1 amide bonds. The molecule has 1 atom stereocenters. The fourth-order valence-corrected chi connectivity index (χ4v) is 3.29. The number of carbonyl (C=O) groups is 1. The van der Waals surface area contributed by atoms with Gasteiger partial charge in [-0.05, 0) is 41.1 Å². The molecule has 0 saturated carbocycles. The summed E-state index contributed by atoms with van der Waals surface area (Å²) in [5.74, 6) is 0.360. The maximum atomic E-state index is 10.8. The molecule has 0 spiro atoms. The van der Waals surface area contributed by atoms with E-state index in [0.717, 1.165) is 15.9 Å². The molecule has 0 aliphatic rings. The molecule has 4 nitrogen and oxygen atoms in total. The summed E-state index contributed by atoms with van der Waals surface area (Å²) in [5, 5.41) is 5.48. The molecule has 0 fully saturated rings. The van der Waals surface area contributed by atoms with Gasteiger partial charge in [-0.25, -0.2) is 0 Å². The number of hydrogen-bond acceptors (Lipinski definition) is 4. The largest absolute Gasteiger partial charge is 0.491 e. The Morgan fingerprint density at radius 1 is 1.48 bits per heavy atom. The molecular weight excluding hydrogens is 352 g/mol. The first-order valence-corrected chi connectivity index (χ1v) is 8.24. The Balaban J connectivity index is 2.03. The van der Waals surface area contributed by atoms with Crippen molar-refractivity contribution in [2.75, 3.05) is 11.9 Å². The summed E-state index contributed by atoms with van der Waals surface area (Å²) >= 11 is 5.16. The Labute approximate surface area is 136 Å². The van der Waals surface area contributed by atoms with E-state index < -0.39 is 0 Å². The minimum absolute atomic E-state index is 0.169. The minimum atomic E-state index is -0.364. The van der Waals surface area contributed by atoms with Crippen LogP contribution in [0.5, 0.6) is 5.75 Å². The fourth-order valence-electron chi connectivity index (χ4n) is 1.83. The lowest BCUT2D eigenvalue weighted by atomic mass is 10.2. The van der Waals surface area contributed by atoms with E-state index in [1.165, 1.54) is 4.88 Å². The summed E-state index contributed by atoms with van der Waals surface area (Å²) in [6.45, 7) is 2.38. The molecule has 0 aliphatic carbocycles. The molecule has 6 heteroatoms. The van der Waals surface area contributed by atoms with Crippen LogP contribution in [0.2, 0.25) is 0 Å². The van der Waals surface area contributed by atoms with Crippen molar-refractivity contribution in [3.8, 4) is 5.75 Å². The van der Waals surface area contributed by atoms with Crippen molar-refractivity contribution in [2.24, 2.45) is 5.73 Å². The van der Waals surface area contributed by atoms with Crippen molar-refractivity contribution in [2.45, 2.75) is 19.4 Å². The van der Waals surface area contributed by atoms with Crippen LogP contribution >= 0.6 is 27.3 Å². The molecule has 21 heavy (non-hydrogen) atoms. The second-order valence-corrected chi connectivity index (χ2v) is 6.45. The lowest BCUT2D eigenvalue weighted by Crippen LogP contribution is -2.15. The number of thiophene rings is 1. The van der Waals surface area contributed by atoms with Crippen LogP contribution in [0.15, 0.2) is 40.2 Å². The fraction of sp³-hybridized carbons (Fsp3) is 0.267. The Hall–Kier alpha value is -1.53. The average molecular weight is 369 g/mol. The second kappa shape index (κ2) is 7.47. The third-order valence-corrected chi connectivity index (χ3v) is 4.76. The number of anilines is 1. The van der Waals surface area contributed by atoms with Crippen molar-refractivity contribution in [3.05, 3.63) is 45.1 Å². The number of nitrogens with two attached hydrogens (primary N) is 1. The van der Waals surface area contributed by atoms with Crippen LogP contribution in [0, 0.1) is 0 Å². The monoisotopic (exact) mass is 368 g/mol. The van der Waals surface area contributed by atoms with Crippen LogP contribution in [-0.2, 0) is 4.79 Å². The van der Waals surface area contributed by atoms with Gasteiger partial charge in [0.15, 0.2) is 0 Å². The number of benzene rings is 1. The highest BCUT2D eigenvalue weighted by molar-refractivity contribution is 9.10. The quantitative estimate of drug-likeness (QED) is 0.777. The molecule has 0 aliphatic heterocycles. The number of carbonyl (C=O) groups excluding carboxylic acids is 1. The van der Waals surface area contributed by atoms with Crippen LogP contribution in [-0.4, -0.2) is 12.5 Å². The molecule has 1 aromatic carbocycles. The molecule has 0 saturated heterocycles. The van der Waals surface area contributed by atoms with Gasteiger partial charge in [-0.2, -0.15) is 0 Å². The van der Waals surface area contributed by atoms with Crippen LogP contribution in [0.1, 0.15) is 24.3 Å². The molecule has 0 bridgehead atoms. The Kier molecular flexibility index (Phi) is 5.64. The smallest absolute Gasteiger partial charge is 0.220 e. The van der Waals surface area contributed by atoms with Gasteiger partial charge in [-0.1, -0.05) is 12.1 Å². The van der Waals surface area contributed by atoms with Crippen molar-refractivity contribution in [1.82, 2.24) is 0 Å². The zero-order chi connectivity index (χ0) is 15.2. The van der Waals surface area contributed by atoms with E-state index in [0.29, 0.717) is 0 Å². The van der Waals surface area contributed by atoms with Gasteiger partial charge in [0.2, 0.25) is 5.91 Å². The molecular formula is C15H17BrN2O2S. The third kappa shape index (κ3) is 4.75. The lowest BCUT2D eigenvalue weighted by molar-refractivity contribution is -0.118. The predicted molar refractivity (Wildman–Crippen MR) is 89.8 cm³/mol. The molecule has 2 aromatic rings. The summed E-state index contributed by atoms with van der Waals surface area (Å²) in [6.07, 6.45) is 0.210. The molecule has 0 radical (unpaired) electrons. The summed E-state index contributed by atoms with van der Waals surface area (Å²) in [4.78, 5) is 12.0. The van der Waals surface area contributed by atoms with Gasteiger partial charge in [0.1, 0.15) is 5.75 Å². The Morgan fingerprint density at radius 3 is 2.90 bits per heavy atom. The molecule has 1 unspecified atom stereocenters. The van der Waals surface area contributed by atoms with Gasteiger partial charge in [0.25, 0.3) is 0 Å². The summed E-state index contributed by atoms with van der Waals surface area (Å²) in [7, 11) is 0. The van der Waals surface area contributed by atoms with E-state index in [9.17, 15) is 4.79 Å². The summed E-state index contributed by atoms with van der Waals surface area (Å²) in [6, 6.07) is 9.94. The Bertz CT molecular complexity index is 615. The maximum absolute atomic E-state index is 10.8. The second-order valence-electron chi connectivity index (χ2n) is 4.59. The average Bonchev–Trinajstić information content (AvgIpc) is 2.87. The molecule has 2 rings (SSSR count). The number of nitrogens with one attached hydrogen (secondary N) is 1. The third-order valence-electron chi connectivity index (χ3n) is 2.88. The maximum Gasteiger partial charge on any atom is 0.220 e. The van der Waals surface area contributed by atoms with Crippen LogP contribution in [0.3, 0.4) is 0 Å². The van der Waals surface area contributed by atoms with Crippen molar-refractivity contribution >= 4 is 38.9 Å². The zero-order valence-electron chi connectivity index (χ0n) is 11.6. The number of halogens is 1. The lowest BCUT2D eigenvalue weighted by Gasteiger charge is -2.17. The van der Waals surface area contributed by atoms with Gasteiger partial charge in [-0.3, -0.25) is 4.79 Å². The van der Waals surface area contributed by atoms with Gasteiger partial charge < -0.3 is 15.8 Å². The molecule has 1 heterocycles. The van der Waals surface area contributed by atoms with Crippen LogP contribution < -0.4 is 15.8 Å². The van der Waals surface area contributed by atoms with E-state index in [4.69, 9.17) is 10.5 Å². The first-order valence-electron chi connectivity index (χ1n) is 6.57. The van der Waals surface area contributed by atoms with Gasteiger partial charge in [-0.15, -0.1) is 11.3 Å². The normalized spacial score (nSPS) is 11.9. The highest BCUT2D eigenvalue weighted by Crippen LogP contribution is 2.31. The van der Waals surface area contributed by atoms with E-state index >= 15 is 0 Å². The topological polar surface area (TPSA) is 64.3 Å². The number of amides is 1. The first kappa shape index (κ1) is 15.9. The molecule has 1 aromatic heterocycles. The first-order chi connectivity index (χ1) is 10.1. The SMILES string of the molecule is CC(Nc1ccccc1OCCC(N)=O)c1cc(Br)cs1. The zero-order valence-corrected chi connectivity index (χ0v) is 14.0. The summed E-state index contributed by atoms with van der Waals surface area (Å²) < 4.78 is 6.71. The van der Waals surface area contributed by atoms with Gasteiger partial charge in [0, 0.05) is 14.7 Å². The minimum Gasteiger partial charge on any atom is -0.491 e. The van der Waals surface area contributed by atoms with E-state index in [1.807, 2.05) is 24.3 Å². The summed E-state index contributed by atoms with van der Waals surface area (Å²) in [5.41, 5.74) is 6.02. The molecule has 112 valence electrons. The van der Waals surface area contributed by atoms with Crippen LogP contribution in [0.4, 0.5) is 5.69 Å². The van der Waals surface area contributed by atoms with E-state index in [1.54, 1.807) is 11.3 Å². The predicted octanol–water partition coefficient (Wildman–Crippen LogP) is 3.94. The highest BCUT2D eigenvalue weighted by Gasteiger charge is 2.11. The standard InChI is InChI=1S/C15H17BrN2O2S/c1-10(14-8-11(16)9-21-14)18-12-4-2-3-5-13(12)20-7-6-15(17)19/h2-5,8-10,18H,6-7H2,1H3,(H2,17,19). The van der Waals surface area contributed by atoms with Gasteiger partial charge in [0.05, 0.1) is 24.8 Å². The van der Waals surface area contributed by atoms with E-state index in [2.05, 4.69) is 39.6 Å². The molecule has 3 N–H and O–H groups in total. The highest BCUT2D eigenvalue weighted by atomic mass is 79.9. The van der Waals surface area contributed by atoms with Crippen LogP contribution in [0.25, 0.3) is 0 Å². The van der Waals surface area contributed by atoms with Crippen molar-refractivity contribution < 1.29 is 9.53 Å². The number of primary amides is 1. The van der Waals surface area contributed by atoms with Crippen molar-refractivity contribution in [1.29, 1.82) is 0 Å². The van der Waals surface area contributed by atoms with E-state index in [-0.39, 0.29) is 25.0 Å². The number of para-hydroxylation sites is 2. The van der Waals surface area contributed by atoms with Gasteiger partial charge >= 0.3 is 0 Å². The number of hydrogen-bond donors (Lipinski definition) is 2.